The standard InChI is InChI=1S/C18H15N3O4S/c1-2-20-16(23)14(15(22)19-18(20)26)10-13-7-4-8-21(13)12-6-3-5-11(9-12)17(24)25/h3-10H,2H2,1H3,(H,24,25)(H,19,22,26)/b14-10+. The van der Waals surface area contributed by atoms with E-state index in [1.165, 1.54) is 23.1 Å². The highest BCUT2D eigenvalue weighted by Crippen LogP contribution is 2.19. The van der Waals surface area contributed by atoms with Gasteiger partial charge in [-0.2, -0.15) is 0 Å². The summed E-state index contributed by atoms with van der Waals surface area (Å²) in [7, 11) is 0. The number of aromatic carboxylic acids is 1. The fraction of sp³-hybridized carbons (Fsp3) is 0.111. The first-order valence-electron chi connectivity index (χ1n) is 7.82. The molecule has 0 atom stereocenters. The maximum atomic E-state index is 12.5. The van der Waals surface area contributed by atoms with Gasteiger partial charge in [-0.1, -0.05) is 6.07 Å². The van der Waals surface area contributed by atoms with E-state index < -0.39 is 17.8 Å². The van der Waals surface area contributed by atoms with Crippen molar-refractivity contribution in [2.24, 2.45) is 0 Å². The second-order valence-electron chi connectivity index (χ2n) is 5.53. The number of rotatable bonds is 4. The topological polar surface area (TPSA) is 91.6 Å². The van der Waals surface area contributed by atoms with Gasteiger partial charge < -0.3 is 9.67 Å². The lowest BCUT2D eigenvalue weighted by Crippen LogP contribution is -2.53. The summed E-state index contributed by atoms with van der Waals surface area (Å²) in [5.41, 5.74) is 1.28. The van der Waals surface area contributed by atoms with Crippen LogP contribution in [0.4, 0.5) is 0 Å². The van der Waals surface area contributed by atoms with Gasteiger partial charge in [0.15, 0.2) is 5.11 Å². The molecule has 0 radical (unpaired) electrons. The number of nitrogens with zero attached hydrogens (tertiary/aromatic N) is 2. The van der Waals surface area contributed by atoms with E-state index in [9.17, 15) is 14.4 Å². The van der Waals surface area contributed by atoms with Crippen molar-refractivity contribution in [3.05, 3.63) is 59.4 Å². The highest BCUT2D eigenvalue weighted by atomic mass is 32.1. The normalized spacial score (nSPS) is 16.1. The summed E-state index contributed by atoms with van der Waals surface area (Å²) < 4.78 is 1.70. The van der Waals surface area contributed by atoms with Crippen LogP contribution in [0.25, 0.3) is 11.8 Å². The minimum absolute atomic E-state index is 0.0326. The second-order valence-corrected chi connectivity index (χ2v) is 5.91. The van der Waals surface area contributed by atoms with Crippen LogP contribution in [0.15, 0.2) is 48.2 Å². The molecule has 1 saturated heterocycles. The van der Waals surface area contributed by atoms with E-state index >= 15 is 0 Å². The van der Waals surface area contributed by atoms with Crippen molar-refractivity contribution >= 4 is 41.2 Å². The van der Waals surface area contributed by atoms with Crippen LogP contribution in [0.2, 0.25) is 0 Å². The molecule has 8 heteroatoms. The monoisotopic (exact) mass is 369 g/mol. The summed E-state index contributed by atoms with van der Waals surface area (Å²) in [5, 5.41) is 11.7. The molecule has 1 fully saturated rings. The van der Waals surface area contributed by atoms with Gasteiger partial charge in [0.05, 0.1) is 5.56 Å². The maximum absolute atomic E-state index is 12.5. The molecule has 1 aliphatic rings. The zero-order chi connectivity index (χ0) is 18.8. The largest absolute Gasteiger partial charge is 0.478 e. The van der Waals surface area contributed by atoms with Gasteiger partial charge in [-0.3, -0.25) is 19.8 Å². The fourth-order valence-electron chi connectivity index (χ4n) is 2.66. The molecule has 0 bridgehead atoms. The Bertz CT molecular complexity index is 961. The molecule has 132 valence electrons. The van der Waals surface area contributed by atoms with Gasteiger partial charge in [0, 0.05) is 24.1 Å². The Morgan fingerprint density at radius 2 is 2.04 bits per heavy atom. The number of carbonyl (C=O) groups excluding carboxylic acids is 2. The number of hydrogen-bond donors (Lipinski definition) is 2. The number of aromatic nitrogens is 1. The zero-order valence-corrected chi connectivity index (χ0v) is 14.6. The zero-order valence-electron chi connectivity index (χ0n) is 13.8. The number of thiocarbonyl (C=S) groups is 1. The predicted molar refractivity (Wildman–Crippen MR) is 98.8 cm³/mol. The number of nitrogens with one attached hydrogen (secondary N) is 1. The van der Waals surface area contributed by atoms with Crippen LogP contribution in [0.5, 0.6) is 0 Å². The number of carbonyl (C=O) groups is 3. The van der Waals surface area contributed by atoms with Crippen LogP contribution in [-0.4, -0.2) is 44.0 Å². The van der Waals surface area contributed by atoms with Crippen LogP contribution in [0.1, 0.15) is 23.0 Å². The summed E-state index contributed by atoms with van der Waals surface area (Å²) in [6, 6.07) is 9.85. The highest BCUT2D eigenvalue weighted by Gasteiger charge is 2.32. The van der Waals surface area contributed by atoms with Gasteiger partial charge in [0.1, 0.15) is 5.57 Å². The molecule has 1 aromatic heterocycles. The smallest absolute Gasteiger partial charge is 0.335 e. The first kappa shape index (κ1) is 17.6. The molecular formula is C18H15N3O4S. The molecule has 2 amide bonds. The summed E-state index contributed by atoms with van der Waals surface area (Å²) in [6.07, 6.45) is 3.19. The Balaban J connectivity index is 2.03. The number of benzene rings is 1. The van der Waals surface area contributed by atoms with Gasteiger partial charge in [-0.15, -0.1) is 0 Å². The van der Waals surface area contributed by atoms with Crippen LogP contribution < -0.4 is 5.32 Å². The number of carboxylic acids is 1. The third kappa shape index (κ3) is 3.14. The van der Waals surface area contributed by atoms with Crippen LogP contribution >= 0.6 is 12.2 Å². The van der Waals surface area contributed by atoms with Gasteiger partial charge >= 0.3 is 5.97 Å². The Labute approximate surface area is 154 Å². The van der Waals surface area contributed by atoms with E-state index in [2.05, 4.69) is 5.32 Å². The molecule has 2 N–H and O–H groups in total. The summed E-state index contributed by atoms with van der Waals surface area (Å²) in [5.74, 6) is -2.06. The number of hydrogen-bond acceptors (Lipinski definition) is 4. The average molecular weight is 369 g/mol. The quantitative estimate of drug-likeness (QED) is 0.487. The third-order valence-corrected chi connectivity index (χ3v) is 4.27. The van der Waals surface area contributed by atoms with Gasteiger partial charge in [-0.25, -0.2) is 4.79 Å². The Kier molecular flexibility index (Phi) is 4.68. The number of likely N-dealkylation sites (N-methyl/N-ethyl adjacent to an activating group) is 1. The van der Waals surface area contributed by atoms with Crippen LogP contribution in [-0.2, 0) is 9.59 Å². The van der Waals surface area contributed by atoms with Crippen LogP contribution in [0, 0.1) is 0 Å². The molecule has 7 nitrogen and oxygen atoms in total. The minimum Gasteiger partial charge on any atom is -0.478 e. The van der Waals surface area contributed by atoms with E-state index in [1.807, 2.05) is 0 Å². The Morgan fingerprint density at radius 1 is 1.27 bits per heavy atom. The average Bonchev–Trinajstić information content (AvgIpc) is 3.07. The van der Waals surface area contributed by atoms with Crippen molar-refractivity contribution in [3.8, 4) is 5.69 Å². The molecule has 1 aromatic carbocycles. The van der Waals surface area contributed by atoms with Crippen LogP contribution in [0.3, 0.4) is 0 Å². The predicted octanol–water partition coefficient (Wildman–Crippen LogP) is 1.82. The lowest BCUT2D eigenvalue weighted by atomic mass is 10.1. The van der Waals surface area contributed by atoms with Crippen molar-refractivity contribution in [1.82, 2.24) is 14.8 Å². The summed E-state index contributed by atoms with van der Waals surface area (Å²) >= 11 is 5.01. The lowest BCUT2D eigenvalue weighted by Gasteiger charge is -2.27. The molecule has 26 heavy (non-hydrogen) atoms. The minimum atomic E-state index is -1.03. The van der Waals surface area contributed by atoms with E-state index in [4.69, 9.17) is 17.3 Å². The number of amides is 2. The van der Waals surface area contributed by atoms with Gasteiger partial charge in [0.2, 0.25) is 0 Å². The van der Waals surface area contributed by atoms with Crippen molar-refractivity contribution < 1.29 is 19.5 Å². The fourth-order valence-corrected chi connectivity index (χ4v) is 2.97. The first-order chi connectivity index (χ1) is 12.4. The third-order valence-electron chi connectivity index (χ3n) is 3.95. The van der Waals surface area contributed by atoms with Crippen molar-refractivity contribution in [2.75, 3.05) is 6.54 Å². The molecule has 2 heterocycles. The molecule has 2 aromatic rings. The SMILES string of the molecule is CCN1C(=O)/C(=C/c2cccn2-c2cccc(C(=O)O)c2)C(=O)NC1=S. The molecule has 0 saturated carbocycles. The molecular weight excluding hydrogens is 354 g/mol. The van der Waals surface area contributed by atoms with Gasteiger partial charge in [0.25, 0.3) is 11.8 Å². The van der Waals surface area contributed by atoms with Gasteiger partial charge in [-0.05, 0) is 55.5 Å². The van der Waals surface area contributed by atoms with E-state index in [0.29, 0.717) is 17.9 Å². The van der Waals surface area contributed by atoms with E-state index in [0.717, 1.165) is 0 Å². The maximum Gasteiger partial charge on any atom is 0.335 e. The van der Waals surface area contributed by atoms with E-state index in [1.54, 1.807) is 42.0 Å². The summed E-state index contributed by atoms with van der Waals surface area (Å²) in [6.45, 7) is 2.11. The second kappa shape index (κ2) is 6.93. The summed E-state index contributed by atoms with van der Waals surface area (Å²) in [4.78, 5) is 37.2. The molecule has 0 spiro atoms. The molecule has 0 aliphatic carbocycles. The first-order valence-corrected chi connectivity index (χ1v) is 8.23. The molecule has 1 aliphatic heterocycles. The highest BCUT2D eigenvalue weighted by molar-refractivity contribution is 7.80. The van der Waals surface area contributed by atoms with Crippen molar-refractivity contribution in [1.29, 1.82) is 0 Å². The number of carboxylic acid groups (broad SMARTS) is 1. The Hall–Kier alpha value is -3.26. The Morgan fingerprint density at radius 3 is 2.73 bits per heavy atom. The lowest BCUT2D eigenvalue weighted by molar-refractivity contribution is -0.128. The van der Waals surface area contributed by atoms with Crippen molar-refractivity contribution in [2.45, 2.75) is 6.92 Å². The molecule has 3 rings (SSSR count). The van der Waals surface area contributed by atoms with Crippen molar-refractivity contribution in [3.63, 3.8) is 0 Å². The van der Waals surface area contributed by atoms with E-state index in [-0.39, 0.29) is 16.2 Å². The molecule has 0 unspecified atom stereocenters.